The average Bonchev–Trinajstić information content (AvgIpc) is 2.82. The molecule has 8 heteroatoms. The van der Waals surface area contributed by atoms with Gasteiger partial charge in [-0.05, 0) is 59.5 Å². The molecule has 0 aliphatic carbocycles. The molecule has 0 saturated carbocycles. The Morgan fingerprint density at radius 2 is 1.74 bits per heavy atom. The summed E-state index contributed by atoms with van der Waals surface area (Å²) in [5, 5.41) is 23.3. The van der Waals surface area contributed by atoms with Crippen LogP contribution in [0.3, 0.4) is 0 Å². The van der Waals surface area contributed by atoms with Crippen LogP contribution in [0.5, 0.6) is 11.5 Å². The minimum Gasteiger partial charge on any atom is -0.493 e. The van der Waals surface area contributed by atoms with Crippen LogP contribution in [0.4, 0.5) is 0 Å². The van der Waals surface area contributed by atoms with Crippen LogP contribution in [0, 0.1) is 0 Å². The smallest absolute Gasteiger partial charge is 0.339 e. The molecule has 34 heavy (non-hydrogen) atoms. The number of rotatable bonds is 12. The molecule has 3 aromatic carbocycles. The normalized spacial score (nSPS) is 11.4. The van der Waals surface area contributed by atoms with Gasteiger partial charge in [-0.3, -0.25) is 0 Å². The Labute approximate surface area is 210 Å². The fourth-order valence-corrected chi connectivity index (χ4v) is 3.46. The molecular weight excluding hydrogens is 477 g/mol. The van der Waals surface area contributed by atoms with Crippen molar-refractivity contribution >= 4 is 30.0 Å². The fourth-order valence-electron chi connectivity index (χ4n) is 3.27. The quantitative estimate of drug-likeness (QED) is 0.277. The van der Waals surface area contributed by atoms with E-state index in [4.69, 9.17) is 21.1 Å². The van der Waals surface area contributed by atoms with Gasteiger partial charge in [0.15, 0.2) is 0 Å². The maximum atomic E-state index is 11.4. The van der Waals surface area contributed by atoms with E-state index in [1.54, 1.807) is 30.3 Å². The summed E-state index contributed by atoms with van der Waals surface area (Å²) in [6, 6.07) is 19.8. The van der Waals surface area contributed by atoms with Gasteiger partial charge >= 0.3 is 5.97 Å². The summed E-state index contributed by atoms with van der Waals surface area (Å²) < 4.78 is 11.4. The Balaban J connectivity index is 0.00000408. The molecule has 0 aliphatic heterocycles. The Morgan fingerprint density at radius 3 is 2.41 bits per heavy atom. The zero-order valence-corrected chi connectivity index (χ0v) is 20.4. The average molecular weight is 506 g/mol. The SMILES string of the molecule is CCCOc1cc(-c2ccc(OCCNC[C@@H](O)c3cccc(Cl)c3)cc2)ccc1C(=O)O.Cl. The molecule has 6 nitrogen and oxygen atoms in total. The minimum absolute atomic E-state index is 0. The number of hydrogen-bond donors (Lipinski definition) is 3. The molecule has 0 fully saturated rings. The molecule has 0 saturated heterocycles. The highest BCUT2D eigenvalue weighted by molar-refractivity contribution is 6.30. The number of halogens is 2. The van der Waals surface area contributed by atoms with E-state index in [9.17, 15) is 15.0 Å². The minimum atomic E-state index is -1.01. The third kappa shape index (κ3) is 7.92. The molecule has 182 valence electrons. The van der Waals surface area contributed by atoms with E-state index >= 15 is 0 Å². The van der Waals surface area contributed by atoms with Gasteiger partial charge in [0.2, 0.25) is 0 Å². The largest absolute Gasteiger partial charge is 0.493 e. The second-order valence-corrected chi connectivity index (χ2v) is 7.95. The van der Waals surface area contributed by atoms with Crippen LogP contribution < -0.4 is 14.8 Å². The lowest BCUT2D eigenvalue weighted by Gasteiger charge is -2.13. The van der Waals surface area contributed by atoms with Crippen LogP contribution in [0.25, 0.3) is 11.1 Å². The van der Waals surface area contributed by atoms with Crippen LogP contribution in [0.1, 0.15) is 35.4 Å². The van der Waals surface area contributed by atoms with Gasteiger partial charge in [-0.1, -0.05) is 48.9 Å². The molecule has 0 aromatic heterocycles. The predicted octanol–water partition coefficient (Wildman–Crippen LogP) is 5.62. The van der Waals surface area contributed by atoms with Crippen LogP contribution in [-0.4, -0.2) is 42.5 Å². The zero-order chi connectivity index (χ0) is 23.6. The van der Waals surface area contributed by atoms with Gasteiger partial charge in [-0.2, -0.15) is 0 Å². The topological polar surface area (TPSA) is 88.0 Å². The zero-order valence-electron chi connectivity index (χ0n) is 18.9. The predicted molar refractivity (Wildman–Crippen MR) is 137 cm³/mol. The van der Waals surface area contributed by atoms with Crippen molar-refractivity contribution in [2.75, 3.05) is 26.3 Å². The maximum Gasteiger partial charge on any atom is 0.339 e. The van der Waals surface area contributed by atoms with Crippen LogP contribution >= 0.6 is 24.0 Å². The van der Waals surface area contributed by atoms with E-state index in [-0.39, 0.29) is 18.0 Å². The number of ether oxygens (including phenoxy) is 2. The standard InChI is InChI=1S/C26H28ClNO5.ClH/c1-2-13-33-25-16-19(8-11-23(25)26(30)31)18-6-9-22(10-7-18)32-14-12-28-17-24(29)20-4-3-5-21(27)15-20;/h3-11,15-16,24,28-29H,2,12-14,17H2,1H3,(H,30,31);1H/t24-;/m1./s1. The second-order valence-electron chi connectivity index (χ2n) is 7.51. The van der Waals surface area contributed by atoms with Crippen LogP contribution in [0.15, 0.2) is 66.7 Å². The molecule has 0 spiro atoms. The molecule has 0 bridgehead atoms. The number of hydrogen-bond acceptors (Lipinski definition) is 5. The fraction of sp³-hybridized carbons (Fsp3) is 0.269. The van der Waals surface area contributed by atoms with Crippen molar-refractivity contribution in [3.8, 4) is 22.6 Å². The first-order valence-corrected chi connectivity index (χ1v) is 11.2. The number of nitrogens with one attached hydrogen (secondary N) is 1. The van der Waals surface area contributed by atoms with E-state index in [1.165, 1.54) is 0 Å². The summed E-state index contributed by atoms with van der Waals surface area (Å²) in [4.78, 5) is 11.4. The van der Waals surface area contributed by atoms with Crippen LogP contribution in [-0.2, 0) is 0 Å². The van der Waals surface area contributed by atoms with Gasteiger partial charge in [0.25, 0.3) is 0 Å². The Bertz CT molecular complexity index is 1060. The summed E-state index contributed by atoms with van der Waals surface area (Å²) in [6.07, 6.45) is 0.158. The molecule has 3 aromatic rings. The number of carboxylic acids is 1. The van der Waals surface area contributed by atoms with Gasteiger partial charge in [0.05, 0.1) is 12.7 Å². The Morgan fingerprint density at radius 1 is 1.00 bits per heavy atom. The number of aliphatic hydroxyl groups excluding tert-OH is 1. The van der Waals surface area contributed by atoms with E-state index in [0.717, 1.165) is 28.9 Å². The van der Waals surface area contributed by atoms with Crippen molar-refractivity contribution in [1.29, 1.82) is 0 Å². The third-order valence-corrected chi connectivity index (χ3v) is 5.22. The van der Waals surface area contributed by atoms with Crippen LogP contribution in [0.2, 0.25) is 5.02 Å². The van der Waals surface area contributed by atoms with E-state index in [1.807, 2.05) is 43.3 Å². The Hall–Kier alpha value is -2.77. The van der Waals surface area contributed by atoms with Gasteiger partial charge in [-0.25, -0.2) is 4.79 Å². The van der Waals surface area contributed by atoms with Gasteiger partial charge in [0.1, 0.15) is 23.7 Å². The molecule has 0 radical (unpaired) electrons. The highest BCUT2D eigenvalue weighted by atomic mass is 35.5. The summed E-state index contributed by atoms with van der Waals surface area (Å²) in [5.41, 5.74) is 2.73. The molecular formula is C26H29Cl2NO5. The number of aromatic carboxylic acids is 1. The lowest BCUT2D eigenvalue weighted by molar-refractivity contribution is 0.0692. The van der Waals surface area contributed by atoms with Gasteiger partial charge < -0.3 is 25.0 Å². The molecule has 0 amide bonds. The first kappa shape index (κ1) is 27.5. The van der Waals surface area contributed by atoms with E-state index in [0.29, 0.717) is 37.1 Å². The number of benzene rings is 3. The van der Waals surface area contributed by atoms with E-state index in [2.05, 4.69) is 5.32 Å². The molecule has 3 rings (SSSR count). The highest BCUT2D eigenvalue weighted by Gasteiger charge is 2.13. The molecule has 0 unspecified atom stereocenters. The second kappa shape index (κ2) is 13.8. The summed E-state index contributed by atoms with van der Waals surface area (Å²) in [5.74, 6) is 0.0823. The molecule has 3 N–H and O–H groups in total. The molecule has 0 heterocycles. The summed E-state index contributed by atoms with van der Waals surface area (Å²) in [6.45, 7) is 3.86. The molecule has 1 atom stereocenters. The van der Waals surface area contributed by atoms with Crippen molar-refractivity contribution in [3.05, 3.63) is 82.9 Å². The Kier molecular flexibility index (Phi) is 11.2. The number of carbonyl (C=O) groups is 1. The van der Waals surface area contributed by atoms with E-state index < -0.39 is 12.1 Å². The molecule has 0 aliphatic rings. The number of carboxylic acid groups (broad SMARTS) is 1. The highest BCUT2D eigenvalue weighted by Crippen LogP contribution is 2.29. The monoisotopic (exact) mass is 505 g/mol. The van der Waals surface area contributed by atoms with Gasteiger partial charge in [0, 0.05) is 18.1 Å². The maximum absolute atomic E-state index is 11.4. The lowest BCUT2D eigenvalue weighted by Crippen LogP contribution is -2.26. The van der Waals surface area contributed by atoms with Crippen molar-refractivity contribution in [2.24, 2.45) is 0 Å². The van der Waals surface area contributed by atoms with Gasteiger partial charge in [-0.15, -0.1) is 12.4 Å². The first-order valence-electron chi connectivity index (χ1n) is 10.9. The van der Waals surface area contributed by atoms with Crippen molar-refractivity contribution < 1.29 is 24.5 Å². The third-order valence-electron chi connectivity index (χ3n) is 4.98. The van der Waals surface area contributed by atoms with Crippen molar-refractivity contribution in [3.63, 3.8) is 0 Å². The summed E-state index contributed by atoms with van der Waals surface area (Å²) in [7, 11) is 0. The van der Waals surface area contributed by atoms with Crippen molar-refractivity contribution in [1.82, 2.24) is 5.32 Å². The summed E-state index contributed by atoms with van der Waals surface area (Å²) >= 11 is 5.96. The number of aliphatic hydroxyl groups is 1. The van der Waals surface area contributed by atoms with Crippen molar-refractivity contribution in [2.45, 2.75) is 19.4 Å². The lowest BCUT2D eigenvalue weighted by atomic mass is 10.0. The first-order chi connectivity index (χ1) is 16.0.